The average Bonchev–Trinajstić information content (AvgIpc) is 2.61. The quantitative estimate of drug-likeness (QED) is 0.542. The molecular weight excluding hydrogens is 244 g/mol. The van der Waals surface area contributed by atoms with Crippen LogP contribution >= 0.6 is 11.6 Å². The Balaban J connectivity index is 2.19. The summed E-state index contributed by atoms with van der Waals surface area (Å²) < 4.78 is 5.87. The zero-order valence-electron chi connectivity index (χ0n) is 11.2. The van der Waals surface area contributed by atoms with Crippen molar-refractivity contribution < 1.29 is 4.74 Å². The van der Waals surface area contributed by atoms with Gasteiger partial charge >= 0.3 is 0 Å². The highest BCUT2D eigenvalue weighted by Gasteiger charge is 2.25. The average molecular weight is 267 g/mol. The van der Waals surface area contributed by atoms with E-state index in [1.807, 2.05) is 0 Å². The molecule has 100 valence electrons. The third-order valence-corrected chi connectivity index (χ3v) is 4.23. The Bertz CT molecular complexity index is 364. The normalized spacial score (nSPS) is 24.6. The van der Waals surface area contributed by atoms with E-state index in [2.05, 4.69) is 31.2 Å². The van der Waals surface area contributed by atoms with Gasteiger partial charge in [0.2, 0.25) is 0 Å². The third-order valence-electron chi connectivity index (χ3n) is 3.71. The molecule has 1 aromatic carbocycles. The summed E-state index contributed by atoms with van der Waals surface area (Å²) in [7, 11) is 0. The minimum absolute atomic E-state index is 0.263. The molecule has 1 aromatic rings. The van der Waals surface area contributed by atoms with E-state index in [1.165, 1.54) is 31.2 Å². The van der Waals surface area contributed by atoms with Crippen LogP contribution in [0.2, 0.25) is 0 Å². The van der Waals surface area contributed by atoms with Gasteiger partial charge in [-0.1, -0.05) is 44.4 Å². The van der Waals surface area contributed by atoms with E-state index in [0.717, 1.165) is 25.2 Å². The Kier molecular flexibility index (Phi) is 5.37. The third kappa shape index (κ3) is 3.41. The molecule has 0 aliphatic heterocycles. The van der Waals surface area contributed by atoms with Crippen LogP contribution in [-0.4, -0.2) is 12.0 Å². The van der Waals surface area contributed by atoms with Crippen molar-refractivity contribution in [3.63, 3.8) is 0 Å². The molecule has 18 heavy (non-hydrogen) atoms. The predicted octanol–water partition coefficient (Wildman–Crippen LogP) is 5.13. The fourth-order valence-corrected chi connectivity index (χ4v) is 3.16. The second kappa shape index (κ2) is 7.04. The number of hydrogen-bond donors (Lipinski definition) is 0. The van der Waals surface area contributed by atoms with Crippen molar-refractivity contribution in [3.8, 4) is 5.75 Å². The molecule has 0 bridgehead atoms. The highest BCUT2D eigenvalue weighted by molar-refractivity contribution is 6.21. The fourth-order valence-electron chi connectivity index (χ4n) is 2.74. The number of ether oxygens (including phenoxy) is 1. The number of hydrogen-bond acceptors (Lipinski definition) is 1. The maximum atomic E-state index is 6.57. The van der Waals surface area contributed by atoms with E-state index in [4.69, 9.17) is 16.3 Å². The molecule has 0 amide bonds. The van der Waals surface area contributed by atoms with E-state index in [1.54, 1.807) is 0 Å². The first-order valence-corrected chi connectivity index (χ1v) is 7.62. The van der Waals surface area contributed by atoms with Gasteiger partial charge in [-0.25, -0.2) is 0 Å². The largest absolute Gasteiger partial charge is 0.493 e. The van der Waals surface area contributed by atoms with Gasteiger partial charge in [0.15, 0.2) is 0 Å². The maximum Gasteiger partial charge on any atom is 0.122 e. The van der Waals surface area contributed by atoms with E-state index >= 15 is 0 Å². The molecule has 0 aromatic heterocycles. The van der Waals surface area contributed by atoms with Gasteiger partial charge in [-0.2, -0.15) is 0 Å². The van der Waals surface area contributed by atoms with Gasteiger partial charge in [-0.3, -0.25) is 0 Å². The molecule has 1 saturated carbocycles. The van der Waals surface area contributed by atoms with Crippen LogP contribution in [0.15, 0.2) is 24.3 Å². The van der Waals surface area contributed by atoms with E-state index in [0.29, 0.717) is 5.92 Å². The van der Waals surface area contributed by atoms with Crippen molar-refractivity contribution in [2.45, 2.75) is 56.7 Å². The summed E-state index contributed by atoms with van der Waals surface area (Å²) in [6.07, 6.45) is 7.24. The Morgan fingerprint density at radius 1 is 1.17 bits per heavy atom. The summed E-state index contributed by atoms with van der Waals surface area (Å²) in [6.45, 7) is 2.93. The van der Waals surface area contributed by atoms with Gasteiger partial charge in [-0.05, 0) is 30.9 Å². The standard InChI is InChI=1S/C16H23ClO/c1-2-12-18-16-11-7-6-9-14(16)13-8-4-3-5-10-15(13)17/h6-7,9,11,13,15H,2-5,8,10,12H2,1H3. The Hall–Kier alpha value is -0.690. The number of rotatable bonds is 4. The van der Waals surface area contributed by atoms with Crippen molar-refractivity contribution >= 4 is 11.6 Å². The van der Waals surface area contributed by atoms with E-state index < -0.39 is 0 Å². The first-order chi connectivity index (χ1) is 8.83. The Morgan fingerprint density at radius 3 is 2.78 bits per heavy atom. The number of alkyl halides is 1. The zero-order chi connectivity index (χ0) is 12.8. The molecule has 0 heterocycles. The minimum Gasteiger partial charge on any atom is -0.493 e. The summed E-state index contributed by atoms with van der Waals surface area (Å²) in [5.41, 5.74) is 1.31. The molecule has 1 fully saturated rings. The van der Waals surface area contributed by atoms with Gasteiger partial charge in [0.25, 0.3) is 0 Å². The smallest absolute Gasteiger partial charge is 0.122 e. The molecule has 0 N–H and O–H groups in total. The highest BCUT2D eigenvalue weighted by Crippen LogP contribution is 2.39. The highest BCUT2D eigenvalue weighted by atomic mass is 35.5. The van der Waals surface area contributed by atoms with Crippen LogP contribution in [0.3, 0.4) is 0 Å². The Morgan fingerprint density at radius 2 is 1.94 bits per heavy atom. The minimum atomic E-state index is 0.263. The summed E-state index contributed by atoms with van der Waals surface area (Å²) >= 11 is 6.57. The van der Waals surface area contributed by atoms with Crippen LogP contribution < -0.4 is 4.74 Å². The van der Waals surface area contributed by atoms with Crippen LogP contribution in [0.4, 0.5) is 0 Å². The number of benzene rings is 1. The molecule has 1 aliphatic carbocycles. The second-order valence-electron chi connectivity index (χ2n) is 5.15. The lowest BCUT2D eigenvalue weighted by molar-refractivity contribution is 0.311. The fraction of sp³-hybridized carbons (Fsp3) is 0.625. The topological polar surface area (TPSA) is 9.23 Å². The number of para-hydroxylation sites is 1. The van der Waals surface area contributed by atoms with Crippen LogP contribution in [0, 0.1) is 0 Å². The van der Waals surface area contributed by atoms with E-state index in [9.17, 15) is 0 Å². The lowest BCUT2D eigenvalue weighted by Crippen LogP contribution is -2.13. The zero-order valence-corrected chi connectivity index (χ0v) is 12.0. The Labute approximate surface area is 115 Å². The summed E-state index contributed by atoms with van der Waals surface area (Å²) in [5, 5.41) is 0.263. The molecule has 2 unspecified atom stereocenters. The molecule has 2 heteroatoms. The van der Waals surface area contributed by atoms with Gasteiger partial charge < -0.3 is 4.74 Å². The van der Waals surface area contributed by atoms with E-state index in [-0.39, 0.29) is 5.38 Å². The number of halogens is 1. The maximum absolute atomic E-state index is 6.57. The molecule has 1 aliphatic rings. The lowest BCUT2D eigenvalue weighted by atomic mass is 9.90. The van der Waals surface area contributed by atoms with Gasteiger partial charge in [0.05, 0.1) is 6.61 Å². The van der Waals surface area contributed by atoms with Gasteiger partial charge in [0, 0.05) is 11.3 Å². The van der Waals surface area contributed by atoms with Gasteiger partial charge in [0.1, 0.15) is 5.75 Å². The predicted molar refractivity (Wildman–Crippen MR) is 77.7 cm³/mol. The van der Waals surface area contributed by atoms with Crippen LogP contribution in [0.1, 0.15) is 56.9 Å². The molecule has 2 rings (SSSR count). The van der Waals surface area contributed by atoms with Crippen molar-refractivity contribution in [1.29, 1.82) is 0 Å². The first-order valence-electron chi connectivity index (χ1n) is 7.18. The first kappa shape index (κ1) is 13.7. The van der Waals surface area contributed by atoms with Crippen LogP contribution in [0.25, 0.3) is 0 Å². The molecular formula is C16H23ClO. The molecule has 0 spiro atoms. The van der Waals surface area contributed by atoms with Crippen LogP contribution in [-0.2, 0) is 0 Å². The second-order valence-corrected chi connectivity index (χ2v) is 5.71. The SMILES string of the molecule is CCCOc1ccccc1C1CCCCCC1Cl. The lowest BCUT2D eigenvalue weighted by Gasteiger charge is -2.22. The summed E-state index contributed by atoms with van der Waals surface area (Å²) in [4.78, 5) is 0. The van der Waals surface area contributed by atoms with Crippen molar-refractivity contribution in [2.24, 2.45) is 0 Å². The summed E-state index contributed by atoms with van der Waals surface area (Å²) in [6, 6.07) is 8.42. The van der Waals surface area contributed by atoms with Crippen molar-refractivity contribution in [1.82, 2.24) is 0 Å². The molecule has 0 radical (unpaired) electrons. The summed E-state index contributed by atoms with van der Waals surface area (Å²) in [5.74, 6) is 1.50. The molecule has 0 saturated heterocycles. The molecule has 2 atom stereocenters. The van der Waals surface area contributed by atoms with Crippen LogP contribution in [0.5, 0.6) is 5.75 Å². The molecule has 1 nitrogen and oxygen atoms in total. The monoisotopic (exact) mass is 266 g/mol. The van der Waals surface area contributed by atoms with Crippen molar-refractivity contribution in [3.05, 3.63) is 29.8 Å². The van der Waals surface area contributed by atoms with Crippen molar-refractivity contribution in [2.75, 3.05) is 6.61 Å². The van der Waals surface area contributed by atoms with Gasteiger partial charge in [-0.15, -0.1) is 11.6 Å².